The Morgan fingerprint density at radius 2 is 1.60 bits per heavy atom. The van der Waals surface area contributed by atoms with Gasteiger partial charge in [0.05, 0.1) is 12.8 Å². The predicted molar refractivity (Wildman–Crippen MR) is 164 cm³/mol. The van der Waals surface area contributed by atoms with E-state index in [4.69, 9.17) is 14.7 Å². The minimum Gasteiger partial charge on any atom is -0.492 e. The van der Waals surface area contributed by atoms with Crippen LogP contribution in [0.3, 0.4) is 0 Å². The summed E-state index contributed by atoms with van der Waals surface area (Å²) < 4.78 is 8.23. The zero-order chi connectivity index (χ0) is 27.1. The molecule has 2 aliphatic rings. The van der Waals surface area contributed by atoms with E-state index in [0.717, 1.165) is 67.0 Å². The number of anilines is 3. The smallest absolute Gasteiger partial charge is 0.229 e. The summed E-state index contributed by atoms with van der Waals surface area (Å²) in [6, 6.07) is 18.7. The van der Waals surface area contributed by atoms with Crippen LogP contribution in [-0.2, 0) is 6.54 Å². The number of rotatable bonds is 9. The van der Waals surface area contributed by atoms with Gasteiger partial charge in [-0.05, 0) is 63.6 Å². The Morgan fingerprint density at radius 3 is 2.38 bits per heavy atom. The van der Waals surface area contributed by atoms with Crippen molar-refractivity contribution in [1.82, 2.24) is 14.5 Å². The molecule has 0 aliphatic carbocycles. The lowest BCUT2D eigenvalue weighted by molar-refractivity contribution is 0.300. The highest BCUT2D eigenvalue weighted by atomic mass is 16.5. The summed E-state index contributed by atoms with van der Waals surface area (Å²) in [5.41, 5.74) is 6.68. The van der Waals surface area contributed by atoms with E-state index in [-0.39, 0.29) is 0 Å². The molecule has 2 aromatic carbocycles. The number of hydrazone groups is 1. The van der Waals surface area contributed by atoms with Crippen LogP contribution < -0.4 is 20.0 Å². The van der Waals surface area contributed by atoms with Gasteiger partial charge in [-0.2, -0.15) is 15.1 Å². The van der Waals surface area contributed by atoms with Gasteiger partial charge in [-0.25, -0.2) is 0 Å². The largest absolute Gasteiger partial charge is 0.492 e. The van der Waals surface area contributed by atoms with Crippen molar-refractivity contribution in [2.45, 2.75) is 52.0 Å². The molecule has 4 heterocycles. The van der Waals surface area contributed by atoms with Crippen LogP contribution in [0.25, 0.3) is 10.9 Å². The van der Waals surface area contributed by atoms with Gasteiger partial charge in [-0.1, -0.05) is 35.9 Å². The monoisotopic (exact) mass is 537 g/mol. The third-order valence-electron chi connectivity index (χ3n) is 7.84. The summed E-state index contributed by atoms with van der Waals surface area (Å²) in [4.78, 5) is 14.6. The van der Waals surface area contributed by atoms with Crippen molar-refractivity contribution < 1.29 is 4.74 Å². The number of ether oxygens (including phenoxy) is 1. The fourth-order valence-corrected chi connectivity index (χ4v) is 5.63. The maximum absolute atomic E-state index is 6.00. The van der Waals surface area contributed by atoms with Gasteiger partial charge in [0.25, 0.3) is 0 Å². The first-order valence-electron chi connectivity index (χ1n) is 14.7. The number of piperidine rings is 2. The van der Waals surface area contributed by atoms with Crippen molar-refractivity contribution in [3.05, 3.63) is 71.9 Å². The molecule has 0 spiro atoms. The molecule has 0 radical (unpaired) electrons. The van der Waals surface area contributed by atoms with Gasteiger partial charge < -0.3 is 19.1 Å². The molecule has 4 aromatic rings. The predicted octanol–water partition coefficient (Wildman–Crippen LogP) is 6.25. The number of para-hydroxylation sites is 1. The molecule has 0 saturated carbocycles. The van der Waals surface area contributed by atoms with Gasteiger partial charge in [0.15, 0.2) is 5.82 Å². The first kappa shape index (κ1) is 26.2. The van der Waals surface area contributed by atoms with E-state index in [1.54, 1.807) is 0 Å². The molecule has 0 amide bonds. The van der Waals surface area contributed by atoms with Crippen molar-refractivity contribution in [3.8, 4) is 5.75 Å². The Labute approximate surface area is 236 Å². The third kappa shape index (κ3) is 6.22. The second-order valence-electron chi connectivity index (χ2n) is 10.8. The molecule has 0 bridgehead atoms. The summed E-state index contributed by atoms with van der Waals surface area (Å²) in [6.07, 6.45) is 11.4. The maximum atomic E-state index is 6.00. The first-order chi connectivity index (χ1) is 19.7. The summed E-state index contributed by atoms with van der Waals surface area (Å²) in [6.45, 7) is 7.55. The Bertz CT molecular complexity index is 1400. The second kappa shape index (κ2) is 12.4. The number of nitrogens with one attached hydrogen (secondary N) is 1. The average molecular weight is 538 g/mol. The van der Waals surface area contributed by atoms with E-state index < -0.39 is 0 Å². The van der Waals surface area contributed by atoms with Gasteiger partial charge in [0.2, 0.25) is 5.95 Å². The maximum Gasteiger partial charge on any atom is 0.229 e. The molecular formula is C32H39N7O. The number of hydrogen-bond donors (Lipinski definition) is 1. The van der Waals surface area contributed by atoms with Gasteiger partial charge in [-0.3, -0.25) is 5.43 Å². The second-order valence-corrected chi connectivity index (χ2v) is 10.8. The molecule has 6 rings (SSSR count). The van der Waals surface area contributed by atoms with Crippen LogP contribution in [0.1, 0.15) is 49.7 Å². The summed E-state index contributed by atoms with van der Waals surface area (Å²) >= 11 is 0. The van der Waals surface area contributed by atoms with E-state index in [1.807, 2.05) is 24.4 Å². The summed E-state index contributed by atoms with van der Waals surface area (Å²) in [7, 11) is 0. The van der Waals surface area contributed by atoms with Crippen molar-refractivity contribution >= 4 is 34.7 Å². The molecule has 2 aliphatic heterocycles. The third-order valence-corrected chi connectivity index (χ3v) is 7.84. The SMILES string of the molecule is Cc1ccc(OCCn2cc(/C=N\Nc3cc(N4CCCCC4)nc(N4CCCCC4)n3)c3ccccc32)cc1. The summed E-state index contributed by atoms with van der Waals surface area (Å²) in [5, 5.41) is 5.80. The fraction of sp³-hybridized carbons (Fsp3) is 0.406. The van der Waals surface area contributed by atoms with Gasteiger partial charge >= 0.3 is 0 Å². The Morgan fingerprint density at radius 1 is 0.875 bits per heavy atom. The quantitative estimate of drug-likeness (QED) is 0.201. The van der Waals surface area contributed by atoms with Crippen molar-refractivity contribution in [1.29, 1.82) is 0 Å². The Kier molecular flexibility index (Phi) is 8.12. The van der Waals surface area contributed by atoms with Crippen LogP contribution in [0.5, 0.6) is 5.75 Å². The van der Waals surface area contributed by atoms with Crippen LogP contribution in [0.15, 0.2) is 65.9 Å². The van der Waals surface area contributed by atoms with Crippen LogP contribution in [-0.4, -0.2) is 53.5 Å². The van der Waals surface area contributed by atoms with E-state index in [1.165, 1.54) is 49.6 Å². The lowest BCUT2D eigenvalue weighted by atomic mass is 10.1. The standard InChI is InChI=1S/C32H39N7O/c1-25-12-14-27(15-13-25)40-21-20-39-24-26(28-10-4-5-11-29(28)39)23-33-36-30-22-31(37-16-6-2-7-17-37)35-32(34-30)38-18-8-3-9-19-38/h4-5,10-15,22-24H,2-3,6-9,16-21H2,1H3,(H,34,35,36)/b33-23-. The number of fused-ring (bicyclic) bond motifs is 1. The van der Waals surface area contributed by atoms with Crippen LogP contribution in [0.4, 0.5) is 17.6 Å². The van der Waals surface area contributed by atoms with E-state index in [2.05, 4.69) is 74.4 Å². The molecule has 208 valence electrons. The van der Waals surface area contributed by atoms with Crippen molar-refractivity contribution in [2.24, 2.45) is 5.10 Å². The van der Waals surface area contributed by atoms with Gasteiger partial charge in [0.1, 0.15) is 18.2 Å². The number of hydrogen-bond acceptors (Lipinski definition) is 7. The van der Waals surface area contributed by atoms with E-state index in [9.17, 15) is 0 Å². The van der Waals surface area contributed by atoms with Crippen molar-refractivity contribution in [2.75, 3.05) is 48.0 Å². The lowest BCUT2D eigenvalue weighted by Crippen LogP contribution is -2.33. The molecule has 2 saturated heterocycles. The number of benzene rings is 2. The zero-order valence-corrected chi connectivity index (χ0v) is 23.4. The Balaban J connectivity index is 1.19. The van der Waals surface area contributed by atoms with E-state index in [0.29, 0.717) is 6.61 Å². The van der Waals surface area contributed by atoms with Crippen molar-refractivity contribution in [3.63, 3.8) is 0 Å². The number of nitrogens with zero attached hydrogens (tertiary/aromatic N) is 6. The van der Waals surface area contributed by atoms with Gasteiger partial charge in [-0.15, -0.1) is 0 Å². The number of aromatic nitrogens is 3. The fourth-order valence-electron chi connectivity index (χ4n) is 5.63. The zero-order valence-electron chi connectivity index (χ0n) is 23.4. The molecule has 40 heavy (non-hydrogen) atoms. The minimum absolute atomic E-state index is 0.593. The molecule has 8 nitrogen and oxygen atoms in total. The van der Waals surface area contributed by atoms with Crippen LogP contribution in [0.2, 0.25) is 0 Å². The highest BCUT2D eigenvalue weighted by Gasteiger charge is 2.19. The average Bonchev–Trinajstić information content (AvgIpc) is 3.36. The first-order valence-corrected chi connectivity index (χ1v) is 14.7. The molecule has 0 atom stereocenters. The number of aryl methyl sites for hydroxylation is 1. The molecule has 2 aromatic heterocycles. The normalized spacial score (nSPS) is 16.1. The molecule has 1 N–H and O–H groups in total. The van der Waals surface area contributed by atoms with Crippen LogP contribution >= 0.6 is 0 Å². The lowest BCUT2D eigenvalue weighted by Gasteiger charge is -2.31. The molecule has 0 unspecified atom stereocenters. The van der Waals surface area contributed by atoms with Crippen LogP contribution in [0, 0.1) is 6.92 Å². The molecule has 8 heteroatoms. The highest BCUT2D eigenvalue weighted by molar-refractivity contribution is 5.99. The summed E-state index contributed by atoms with van der Waals surface area (Å²) in [5.74, 6) is 3.44. The topological polar surface area (TPSA) is 70.8 Å². The highest BCUT2D eigenvalue weighted by Crippen LogP contribution is 2.26. The van der Waals surface area contributed by atoms with E-state index >= 15 is 0 Å². The Hall–Kier alpha value is -4.07. The molecular weight excluding hydrogens is 498 g/mol. The minimum atomic E-state index is 0.593. The van der Waals surface area contributed by atoms with Gasteiger partial charge in [0, 0.05) is 54.9 Å². The molecule has 2 fully saturated rings.